The predicted molar refractivity (Wildman–Crippen MR) is 109 cm³/mol. The summed E-state index contributed by atoms with van der Waals surface area (Å²) in [4.78, 5) is 16.8. The number of pyridine rings is 1. The van der Waals surface area contributed by atoms with Crippen LogP contribution in [0.1, 0.15) is 25.7 Å². The first-order valence-electron chi connectivity index (χ1n) is 9.85. The third kappa shape index (κ3) is 3.98. The van der Waals surface area contributed by atoms with E-state index in [0.717, 1.165) is 54.5 Å². The van der Waals surface area contributed by atoms with Crippen molar-refractivity contribution in [2.75, 3.05) is 6.54 Å². The van der Waals surface area contributed by atoms with E-state index < -0.39 is 0 Å². The number of amides is 1. The maximum atomic E-state index is 13.3. The highest BCUT2D eigenvalue weighted by Gasteiger charge is 2.18. The zero-order chi connectivity index (χ0) is 19.3. The van der Waals surface area contributed by atoms with Crippen molar-refractivity contribution in [1.29, 1.82) is 0 Å². The number of halogens is 1. The zero-order valence-corrected chi connectivity index (χ0v) is 15.8. The molecule has 0 saturated carbocycles. The Kier molecular flexibility index (Phi) is 5.51. The molecule has 144 valence electrons. The normalized spacial score (nSPS) is 16.4. The molecule has 2 heterocycles. The number of nitrogens with one attached hydrogen (secondary N) is 1. The van der Waals surface area contributed by atoms with Crippen LogP contribution in [0.2, 0.25) is 0 Å². The highest BCUT2D eigenvalue weighted by molar-refractivity contribution is 5.84. The van der Waals surface area contributed by atoms with Crippen molar-refractivity contribution in [2.24, 2.45) is 5.92 Å². The molecule has 28 heavy (non-hydrogen) atoms. The van der Waals surface area contributed by atoms with Gasteiger partial charge in [-0.15, -0.1) is 0 Å². The van der Waals surface area contributed by atoms with Gasteiger partial charge in [-0.1, -0.05) is 12.2 Å². The van der Waals surface area contributed by atoms with Crippen LogP contribution in [0.25, 0.3) is 22.3 Å². The van der Waals surface area contributed by atoms with Crippen molar-refractivity contribution in [3.8, 4) is 11.3 Å². The maximum Gasteiger partial charge on any atom is 0.223 e. The Labute approximate surface area is 164 Å². The predicted octanol–water partition coefficient (Wildman–Crippen LogP) is 4.71. The van der Waals surface area contributed by atoms with Crippen molar-refractivity contribution < 1.29 is 9.18 Å². The standard InChI is InChI=1S/C23H24FN3O/c24-20-11-9-17(10-12-20)21-16-19-8-4-13-25-22(19)27(21)15-5-14-26-23(28)18-6-2-1-3-7-18/h1-2,4,8-13,16,18H,3,5-7,14-15H2,(H,26,28)/t18-/m0/s1. The van der Waals surface area contributed by atoms with Gasteiger partial charge in [0, 0.05) is 30.6 Å². The molecular formula is C23H24FN3O. The molecule has 0 spiro atoms. The quantitative estimate of drug-likeness (QED) is 0.500. The summed E-state index contributed by atoms with van der Waals surface area (Å²) in [6, 6.07) is 12.6. The van der Waals surface area contributed by atoms with Crippen molar-refractivity contribution in [3.63, 3.8) is 0 Å². The second kappa shape index (κ2) is 8.38. The molecule has 0 radical (unpaired) electrons. The monoisotopic (exact) mass is 377 g/mol. The van der Waals surface area contributed by atoms with Crippen molar-refractivity contribution in [1.82, 2.24) is 14.9 Å². The molecule has 1 amide bonds. The second-order valence-corrected chi connectivity index (χ2v) is 7.23. The summed E-state index contributed by atoms with van der Waals surface area (Å²) < 4.78 is 15.5. The number of aromatic nitrogens is 2. The lowest BCUT2D eigenvalue weighted by Gasteiger charge is -2.17. The Bertz CT molecular complexity index is 991. The second-order valence-electron chi connectivity index (χ2n) is 7.23. The van der Waals surface area contributed by atoms with Crippen LogP contribution in [0.3, 0.4) is 0 Å². The van der Waals surface area contributed by atoms with Crippen molar-refractivity contribution >= 4 is 16.9 Å². The van der Waals surface area contributed by atoms with Gasteiger partial charge in [-0.2, -0.15) is 0 Å². The Hall–Kier alpha value is -2.95. The Balaban J connectivity index is 1.46. The van der Waals surface area contributed by atoms with Gasteiger partial charge >= 0.3 is 0 Å². The minimum Gasteiger partial charge on any atom is -0.356 e. The number of rotatable bonds is 6. The van der Waals surface area contributed by atoms with Crippen molar-refractivity contribution in [3.05, 3.63) is 66.6 Å². The molecule has 3 aromatic rings. The molecule has 1 aliphatic rings. The minimum absolute atomic E-state index is 0.105. The average Bonchev–Trinajstić information content (AvgIpc) is 3.11. The fraction of sp³-hybridized carbons (Fsp3) is 0.304. The zero-order valence-electron chi connectivity index (χ0n) is 15.8. The highest BCUT2D eigenvalue weighted by Crippen LogP contribution is 2.27. The number of hydrogen-bond acceptors (Lipinski definition) is 2. The van der Waals surface area contributed by atoms with E-state index in [9.17, 15) is 9.18 Å². The van der Waals surface area contributed by atoms with Crippen LogP contribution in [-0.4, -0.2) is 22.0 Å². The highest BCUT2D eigenvalue weighted by atomic mass is 19.1. The van der Waals surface area contributed by atoms with Gasteiger partial charge in [0.15, 0.2) is 0 Å². The van der Waals surface area contributed by atoms with E-state index in [0.29, 0.717) is 6.54 Å². The third-order valence-electron chi connectivity index (χ3n) is 5.29. The summed E-state index contributed by atoms with van der Waals surface area (Å²) in [6.07, 6.45) is 9.59. The van der Waals surface area contributed by atoms with E-state index in [1.807, 2.05) is 12.1 Å². The van der Waals surface area contributed by atoms with Crippen LogP contribution in [-0.2, 0) is 11.3 Å². The minimum atomic E-state index is -0.246. The van der Waals surface area contributed by atoms with Gasteiger partial charge in [-0.05, 0) is 73.7 Å². The molecule has 1 atom stereocenters. The van der Waals surface area contributed by atoms with Crippen LogP contribution in [0.4, 0.5) is 4.39 Å². The molecule has 0 saturated heterocycles. The lowest BCUT2D eigenvalue weighted by atomic mass is 9.94. The summed E-state index contributed by atoms with van der Waals surface area (Å²) >= 11 is 0. The summed E-state index contributed by atoms with van der Waals surface area (Å²) in [5.41, 5.74) is 2.88. The summed E-state index contributed by atoms with van der Waals surface area (Å²) in [7, 11) is 0. The summed E-state index contributed by atoms with van der Waals surface area (Å²) in [5.74, 6) is 0.0113. The van der Waals surface area contributed by atoms with Gasteiger partial charge in [-0.25, -0.2) is 9.37 Å². The van der Waals surface area contributed by atoms with Crippen molar-refractivity contribution in [2.45, 2.75) is 32.2 Å². The molecule has 1 aliphatic carbocycles. The van der Waals surface area contributed by atoms with Crippen LogP contribution in [0, 0.1) is 11.7 Å². The topological polar surface area (TPSA) is 46.9 Å². The number of allylic oxidation sites excluding steroid dienone is 2. The number of benzene rings is 1. The SMILES string of the molecule is O=C(NCCCn1c(-c2ccc(F)cc2)cc2cccnc21)[C@H]1CC=CCC1. The molecule has 0 unspecified atom stereocenters. The number of carbonyl (C=O) groups excluding carboxylic acids is 1. The van der Waals surface area contributed by atoms with E-state index in [-0.39, 0.29) is 17.6 Å². The third-order valence-corrected chi connectivity index (χ3v) is 5.29. The Morgan fingerprint density at radius 1 is 1.21 bits per heavy atom. The largest absolute Gasteiger partial charge is 0.356 e. The van der Waals surface area contributed by atoms with Crippen LogP contribution in [0.15, 0.2) is 60.8 Å². The smallest absolute Gasteiger partial charge is 0.223 e. The lowest BCUT2D eigenvalue weighted by molar-refractivity contribution is -0.125. The van der Waals surface area contributed by atoms with Gasteiger partial charge in [0.1, 0.15) is 11.5 Å². The number of hydrogen-bond donors (Lipinski definition) is 1. The van der Waals surface area contributed by atoms with E-state index in [1.165, 1.54) is 12.1 Å². The van der Waals surface area contributed by atoms with Crippen LogP contribution >= 0.6 is 0 Å². The first-order valence-corrected chi connectivity index (χ1v) is 9.85. The summed E-state index contributed by atoms with van der Waals surface area (Å²) in [5, 5.41) is 4.13. The van der Waals surface area contributed by atoms with Crippen LogP contribution < -0.4 is 5.32 Å². The van der Waals surface area contributed by atoms with Gasteiger partial charge < -0.3 is 9.88 Å². The molecule has 0 aliphatic heterocycles. The Morgan fingerprint density at radius 3 is 2.86 bits per heavy atom. The number of nitrogens with zero attached hydrogens (tertiary/aromatic N) is 2. The molecule has 0 bridgehead atoms. The van der Waals surface area contributed by atoms with Gasteiger partial charge in [0.25, 0.3) is 0 Å². The molecule has 1 aromatic carbocycles. The fourth-order valence-electron chi connectivity index (χ4n) is 3.80. The van der Waals surface area contributed by atoms with E-state index in [1.54, 1.807) is 18.3 Å². The number of aryl methyl sites for hydroxylation is 1. The molecule has 4 rings (SSSR count). The van der Waals surface area contributed by atoms with Gasteiger partial charge in [0.05, 0.1) is 5.69 Å². The molecule has 5 heteroatoms. The average molecular weight is 377 g/mol. The fourth-order valence-corrected chi connectivity index (χ4v) is 3.80. The van der Waals surface area contributed by atoms with Gasteiger partial charge in [-0.3, -0.25) is 4.79 Å². The number of fused-ring (bicyclic) bond motifs is 1. The molecular weight excluding hydrogens is 353 g/mol. The van der Waals surface area contributed by atoms with E-state index in [2.05, 4.69) is 33.1 Å². The summed E-state index contributed by atoms with van der Waals surface area (Å²) in [6.45, 7) is 1.37. The molecule has 0 fully saturated rings. The first kappa shape index (κ1) is 18.4. The van der Waals surface area contributed by atoms with Crippen LogP contribution in [0.5, 0.6) is 0 Å². The number of carbonyl (C=O) groups is 1. The molecule has 4 nitrogen and oxygen atoms in total. The first-order chi connectivity index (χ1) is 13.7. The molecule has 2 aromatic heterocycles. The Morgan fingerprint density at radius 2 is 2.07 bits per heavy atom. The van der Waals surface area contributed by atoms with Gasteiger partial charge in [0.2, 0.25) is 5.91 Å². The molecule has 1 N–H and O–H groups in total. The lowest BCUT2D eigenvalue weighted by Crippen LogP contribution is -2.32. The van der Waals surface area contributed by atoms with E-state index >= 15 is 0 Å². The van der Waals surface area contributed by atoms with E-state index in [4.69, 9.17) is 0 Å². The maximum absolute atomic E-state index is 13.3.